The van der Waals surface area contributed by atoms with Crippen LogP contribution >= 0.6 is 0 Å². The lowest BCUT2D eigenvalue weighted by Crippen LogP contribution is -2.57. The third kappa shape index (κ3) is 3.04. The number of hydrogen-bond donors (Lipinski definition) is 2. The molecule has 2 N–H and O–H groups in total. The lowest BCUT2D eigenvalue weighted by molar-refractivity contribution is 0.104. The standard InChI is InChI=1S/C15H30N2O2S/c1-13(2,17-20(6,18)19)10-16-12-14(3,4)11-7-8-15(12,5)9-11/h11-12,16-17H,7-10H2,1-6H3. The quantitative estimate of drug-likeness (QED) is 0.818. The summed E-state index contributed by atoms with van der Waals surface area (Å²) in [4.78, 5) is 0. The fourth-order valence-corrected chi connectivity index (χ4v) is 5.78. The molecule has 0 heterocycles. The average Bonchev–Trinajstić information content (AvgIpc) is 2.64. The molecular weight excluding hydrogens is 272 g/mol. The van der Waals surface area contributed by atoms with E-state index < -0.39 is 15.6 Å². The molecule has 0 aromatic rings. The molecular formula is C15H30N2O2S. The van der Waals surface area contributed by atoms with Gasteiger partial charge < -0.3 is 5.32 Å². The van der Waals surface area contributed by atoms with Crippen LogP contribution in [0.3, 0.4) is 0 Å². The third-order valence-electron chi connectivity index (χ3n) is 5.48. The molecule has 0 aromatic carbocycles. The van der Waals surface area contributed by atoms with Gasteiger partial charge in [0, 0.05) is 18.1 Å². The summed E-state index contributed by atoms with van der Waals surface area (Å²) in [5, 5.41) is 3.68. The molecule has 2 saturated carbocycles. The van der Waals surface area contributed by atoms with Crippen molar-refractivity contribution in [3.8, 4) is 0 Å². The van der Waals surface area contributed by atoms with Crippen LogP contribution in [-0.4, -0.2) is 32.8 Å². The van der Waals surface area contributed by atoms with E-state index in [4.69, 9.17) is 0 Å². The van der Waals surface area contributed by atoms with E-state index in [1.807, 2.05) is 13.8 Å². The summed E-state index contributed by atoms with van der Waals surface area (Å²) in [6.07, 6.45) is 5.15. The van der Waals surface area contributed by atoms with Crippen LogP contribution in [0.4, 0.5) is 0 Å². The molecule has 5 heteroatoms. The minimum atomic E-state index is -3.17. The highest BCUT2D eigenvalue weighted by atomic mass is 32.2. The van der Waals surface area contributed by atoms with Crippen LogP contribution in [0, 0.1) is 16.7 Å². The summed E-state index contributed by atoms with van der Waals surface area (Å²) >= 11 is 0. The van der Waals surface area contributed by atoms with E-state index in [2.05, 4.69) is 30.8 Å². The van der Waals surface area contributed by atoms with Crippen molar-refractivity contribution in [3.05, 3.63) is 0 Å². The second-order valence-electron chi connectivity index (χ2n) is 8.49. The summed E-state index contributed by atoms with van der Waals surface area (Å²) in [5.41, 5.74) is 0.214. The molecule has 0 aliphatic heterocycles. The highest BCUT2D eigenvalue weighted by molar-refractivity contribution is 7.88. The Labute approximate surface area is 124 Å². The van der Waals surface area contributed by atoms with Crippen LogP contribution in [0.25, 0.3) is 0 Å². The van der Waals surface area contributed by atoms with E-state index in [-0.39, 0.29) is 0 Å². The molecule has 2 aliphatic carbocycles. The maximum atomic E-state index is 11.4. The predicted octanol–water partition coefficient (Wildman–Crippen LogP) is 2.12. The van der Waals surface area contributed by atoms with Crippen molar-refractivity contribution in [1.82, 2.24) is 10.0 Å². The van der Waals surface area contributed by atoms with Crippen molar-refractivity contribution in [2.24, 2.45) is 16.7 Å². The fraction of sp³-hybridized carbons (Fsp3) is 1.00. The van der Waals surface area contributed by atoms with E-state index >= 15 is 0 Å². The van der Waals surface area contributed by atoms with Crippen LogP contribution in [0.1, 0.15) is 53.9 Å². The molecule has 4 nitrogen and oxygen atoms in total. The van der Waals surface area contributed by atoms with E-state index in [9.17, 15) is 8.42 Å². The molecule has 0 amide bonds. The summed E-state index contributed by atoms with van der Waals surface area (Å²) < 4.78 is 25.6. The number of fused-ring (bicyclic) bond motifs is 2. The van der Waals surface area contributed by atoms with Gasteiger partial charge >= 0.3 is 0 Å². The van der Waals surface area contributed by atoms with Gasteiger partial charge in [0.2, 0.25) is 10.0 Å². The van der Waals surface area contributed by atoms with Gasteiger partial charge in [0.15, 0.2) is 0 Å². The number of hydrogen-bond acceptors (Lipinski definition) is 3. The highest BCUT2D eigenvalue weighted by Gasteiger charge is 2.59. The molecule has 2 fully saturated rings. The minimum Gasteiger partial charge on any atom is -0.311 e. The smallest absolute Gasteiger partial charge is 0.209 e. The predicted molar refractivity (Wildman–Crippen MR) is 83.1 cm³/mol. The lowest BCUT2D eigenvalue weighted by atomic mass is 9.68. The Kier molecular flexibility index (Phi) is 3.80. The average molecular weight is 302 g/mol. The maximum absolute atomic E-state index is 11.4. The normalized spacial score (nSPS) is 36.5. The Hall–Kier alpha value is -0.130. The number of rotatable bonds is 5. The molecule has 2 aliphatic rings. The van der Waals surface area contributed by atoms with E-state index in [1.54, 1.807) is 0 Å². The topological polar surface area (TPSA) is 58.2 Å². The lowest BCUT2D eigenvalue weighted by Gasteiger charge is -2.44. The summed E-state index contributed by atoms with van der Waals surface area (Å²) in [6.45, 7) is 11.6. The molecule has 3 atom stereocenters. The second-order valence-corrected chi connectivity index (χ2v) is 10.2. The molecule has 2 rings (SSSR count). The first kappa shape index (κ1) is 16.2. The molecule has 0 radical (unpaired) electrons. The van der Waals surface area contributed by atoms with Crippen molar-refractivity contribution >= 4 is 10.0 Å². The van der Waals surface area contributed by atoms with Gasteiger partial charge in [-0.05, 0) is 49.9 Å². The second kappa shape index (κ2) is 4.68. The Morgan fingerprint density at radius 3 is 2.30 bits per heavy atom. The van der Waals surface area contributed by atoms with Gasteiger partial charge in [-0.1, -0.05) is 20.8 Å². The van der Waals surface area contributed by atoms with Crippen molar-refractivity contribution in [3.63, 3.8) is 0 Å². The van der Waals surface area contributed by atoms with Gasteiger partial charge in [-0.2, -0.15) is 0 Å². The van der Waals surface area contributed by atoms with Crippen LogP contribution in [0.15, 0.2) is 0 Å². The van der Waals surface area contributed by atoms with Gasteiger partial charge in [0.1, 0.15) is 0 Å². The van der Waals surface area contributed by atoms with Gasteiger partial charge in [0.05, 0.1) is 6.26 Å². The van der Waals surface area contributed by atoms with Crippen molar-refractivity contribution in [1.29, 1.82) is 0 Å². The largest absolute Gasteiger partial charge is 0.311 e. The Balaban J connectivity index is 2.04. The maximum Gasteiger partial charge on any atom is 0.209 e. The highest BCUT2D eigenvalue weighted by Crippen LogP contribution is 2.62. The van der Waals surface area contributed by atoms with Crippen LogP contribution in [0.2, 0.25) is 0 Å². The van der Waals surface area contributed by atoms with Gasteiger partial charge in [-0.3, -0.25) is 0 Å². The molecule has 0 saturated heterocycles. The molecule has 3 unspecified atom stereocenters. The zero-order valence-corrected chi connectivity index (χ0v) is 14.5. The van der Waals surface area contributed by atoms with Gasteiger partial charge in [-0.25, -0.2) is 13.1 Å². The Morgan fingerprint density at radius 1 is 1.25 bits per heavy atom. The monoisotopic (exact) mass is 302 g/mol. The zero-order valence-electron chi connectivity index (χ0n) is 13.7. The van der Waals surface area contributed by atoms with E-state index in [1.165, 1.54) is 25.5 Å². The summed E-state index contributed by atoms with van der Waals surface area (Å²) in [6, 6.07) is 0.467. The SMILES string of the molecule is CC(C)(CNC1C2(C)CCC(C2)C1(C)C)NS(C)(=O)=O. The first-order chi connectivity index (χ1) is 8.86. The molecule has 2 bridgehead atoms. The minimum absolute atomic E-state index is 0.300. The Bertz CT molecular complexity index is 479. The van der Waals surface area contributed by atoms with E-state index in [0.29, 0.717) is 23.4 Å². The van der Waals surface area contributed by atoms with Crippen molar-refractivity contribution < 1.29 is 8.42 Å². The molecule has 0 spiro atoms. The zero-order chi connectivity index (χ0) is 15.4. The van der Waals surface area contributed by atoms with Gasteiger partial charge in [0.25, 0.3) is 0 Å². The fourth-order valence-electron chi connectivity index (χ4n) is 4.71. The number of sulfonamides is 1. The Morgan fingerprint density at radius 2 is 1.85 bits per heavy atom. The molecule has 20 heavy (non-hydrogen) atoms. The summed E-state index contributed by atoms with van der Waals surface area (Å²) in [5.74, 6) is 0.802. The van der Waals surface area contributed by atoms with Crippen LogP contribution in [-0.2, 0) is 10.0 Å². The van der Waals surface area contributed by atoms with Crippen molar-refractivity contribution in [2.75, 3.05) is 12.8 Å². The number of nitrogens with one attached hydrogen (secondary N) is 2. The first-order valence-corrected chi connectivity index (χ1v) is 9.47. The van der Waals surface area contributed by atoms with Crippen molar-refractivity contribution in [2.45, 2.75) is 65.5 Å². The molecule has 0 aromatic heterocycles. The van der Waals surface area contributed by atoms with E-state index in [0.717, 1.165) is 5.92 Å². The summed E-state index contributed by atoms with van der Waals surface area (Å²) in [7, 11) is -3.17. The third-order valence-corrected chi connectivity index (χ3v) is 6.40. The molecule has 118 valence electrons. The van der Waals surface area contributed by atoms with Crippen LogP contribution < -0.4 is 10.0 Å². The van der Waals surface area contributed by atoms with Gasteiger partial charge in [-0.15, -0.1) is 0 Å². The first-order valence-electron chi connectivity index (χ1n) is 7.58. The van der Waals surface area contributed by atoms with Crippen LogP contribution in [0.5, 0.6) is 0 Å².